The Labute approximate surface area is 104 Å². The topological polar surface area (TPSA) is 6.48 Å². The molecule has 0 aromatic heterocycles. The van der Waals surface area contributed by atoms with Crippen LogP contribution in [0.4, 0.5) is 0 Å². The second-order valence-electron chi connectivity index (χ2n) is 5.02. The van der Waals surface area contributed by atoms with E-state index >= 15 is 0 Å². The number of hydrogen-bond acceptors (Lipinski definition) is 2. The van der Waals surface area contributed by atoms with E-state index < -0.39 is 16.7 Å². The molecule has 0 amide bonds. The van der Waals surface area contributed by atoms with E-state index in [-0.39, 0.29) is 0 Å². The van der Waals surface area contributed by atoms with Gasteiger partial charge in [0.25, 0.3) is 0 Å². The van der Waals surface area contributed by atoms with E-state index in [0.29, 0.717) is 12.1 Å². The summed E-state index contributed by atoms with van der Waals surface area (Å²) in [5.74, 6) is 0. The fraction of sp³-hybridized carbons (Fsp3) is 1.00. The number of nitrogens with zero attached hydrogens (tertiary/aromatic N) is 2. The average molecular weight is 356 g/mol. The van der Waals surface area contributed by atoms with Gasteiger partial charge in [0.15, 0.2) is 0 Å². The van der Waals surface area contributed by atoms with Crippen LogP contribution >= 0.6 is 17.8 Å². The Balaban J connectivity index is 1.90. The Kier molecular flexibility index (Phi) is 3.19. The Morgan fingerprint density at radius 2 is 1.27 bits per heavy atom. The molecule has 2 nitrogen and oxygen atoms in total. The van der Waals surface area contributed by atoms with Crippen molar-refractivity contribution < 1.29 is 0 Å². The zero-order chi connectivity index (χ0) is 10.5. The van der Waals surface area contributed by atoms with Crippen molar-refractivity contribution >= 4 is 34.5 Å². The molecular formula is C10H18Cl2N2Sn. The molecule has 3 rings (SSSR count). The molecule has 3 heterocycles. The van der Waals surface area contributed by atoms with Crippen molar-refractivity contribution in [3.05, 3.63) is 0 Å². The van der Waals surface area contributed by atoms with Crippen molar-refractivity contribution in [3.63, 3.8) is 0 Å². The van der Waals surface area contributed by atoms with Crippen molar-refractivity contribution in [2.45, 2.75) is 50.6 Å². The van der Waals surface area contributed by atoms with Crippen LogP contribution in [0.5, 0.6) is 0 Å². The Morgan fingerprint density at radius 3 is 1.73 bits per heavy atom. The summed E-state index contributed by atoms with van der Waals surface area (Å²) >= 11 is -3.04. The van der Waals surface area contributed by atoms with Crippen LogP contribution in [0.3, 0.4) is 0 Å². The molecule has 3 fully saturated rings. The predicted octanol–water partition coefficient (Wildman–Crippen LogP) is 2.62. The van der Waals surface area contributed by atoms with E-state index in [1.54, 1.807) is 0 Å². The molecule has 0 aliphatic carbocycles. The third-order valence-corrected chi connectivity index (χ3v) is 17.2. The van der Waals surface area contributed by atoms with E-state index in [0.717, 1.165) is 0 Å². The average Bonchev–Trinajstić information content (AvgIpc) is 2.51. The standard InChI is InChI=1S/C10H18N2.2ClH.Sn/c1-3-7-11-9(5-1)10-6-2-4-8-12-10;;;/h9-10H,1-8H2;2*1H;/q-2;;;+4/p-2. The first-order chi connectivity index (χ1) is 7.21. The first-order valence-electron chi connectivity index (χ1n) is 6.12. The minimum absolute atomic E-state index is 0.713. The molecular weight excluding hydrogens is 338 g/mol. The summed E-state index contributed by atoms with van der Waals surface area (Å²) in [7, 11) is 13.5. The summed E-state index contributed by atoms with van der Waals surface area (Å²) in [5, 5.41) is 0. The summed E-state index contributed by atoms with van der Waals surface area (Å²) < 4.78 is 5.08. The number of halogens is 2. The molecule has 86 valence electrons. The van der Waals surface area contributed by atoms with Gasteiger partial charge in [-0.15, -0.1) is 0 Å². The van der Waals surface area contributed by atoms with Crippen LogP contribution in [0.15, 0.2) is 0 Å². The van der Waals surface area contributed by atoms with E-state index in [2.05, 4.69) is 6.24 Å². The van der Waals surface area contributed by atoms with Crippen LogP contribution in [0.1, 0.15) is 38.5 Å². The zero-order valence-electron chi connectivity index (χ0n) is 8.96. The summed E-state index contributed by atoms with van der Waals surface area (Å²) in [4.78, 5) is 0. The van der Waals surface area contributed by atoms with E-state index in [1.807, 2.05) is 0 Å². The first-order valence-corrected chi connectivity index (χ1v) is 15.9. The summed E-state index contributed by atoms with van der Waals surface area (Å²) in [6.07, 6.45) is 8.02. The van der Waals surface area contributed by atoms with Gasteiger partial charge in [-0.05, 0) is 0 Å². The van der Waals surface area contributed by atoms with Gasteiger partial charge in [-0.1, -0.05) is 0 Å². The molecule has 0 bridgehead atoms. The van der Waals surface area contributed by atoms with E-state index in [1.165, 1.54) is 51.6 Å². The molecule has 3 saturated heterocycles. The molecule has 2 atom stereocenters. The van der Waals surface area contributed by atoms with Crippen LogP contribution in [0.25, 0.3) is 0 Å². The number of piperidine rings is 2. The normalized spacial score (nSPS) is 41.2. The van der Waals surface area contributed by atoms with Crippen molar-refractivity contribution in [3.8, 4) is 0 Å². The summed E-state index contributed by atoms with van der Waals surface area (Å²) in [5.41, 5.74) is 0. The third-order valence-electron chi connectivity index (χ3n) is 4.23. The SMILES string of the molecule is [Cl][Sn]1([Cl])[N]2CCCCC2C2CCCC[N]21. The van der Waals surface area contributed by atoms with Crippen LogP contribution in [0, 0.1) is 0 Å². The number of fused-ring (bicyclic) bond motifs is 3. The van der Waals surface area contributed by atoms with Gasteiger partial charge in [-0.2, -0.15) is 0 Å². The summed E-state index contributed by atoms with van der Waals surface area (Å²) in [6.45, 7) is 2.33. The fourth-order valence-corrected chi connectivity index (χ4v) is 16.6. The van der Waals surface area contributed by atoms with Crippen LogP contribution in [0.2, 0.25) is 0 Å². The third kappa shape index (κ3) is 1.75. The zero-order valence-corrected chi connectivity index (χ0v) is 13.3. The fourth-order valence-electron chi connectivity index (χ4n) is 3.55. The monoisotopic (exact) mass is 356 g/mol. The molecule has 3 aliphatic heterocycles. The van der Waals surface area contributed by atoms with Crippen molar-refractivity contribution in [2.24, 2.45) is 0 Å². The Bertz CT molecular complexity index is 238. The molecule has 0 saturated carbocycles. The Hall–Kier alpha value is 1.30. The Morgan fingerprint density at radius 1 is 0.800 bits per heavy atom. The van der Waals surface area contributed by atoms with Gasteiger partial charge in [-0.25, -0.2) is 0 Å². The molecule has 0 spiro atoms. The second-order valence-corrected chi connectivity index (χ2v) is 19.6. The molecule has 15 heavy (non-hydrogen) atoms. The quantitative estimate of drug-likeness (QED) is 0.616. The van der Waals surface area contributed by atoms with Crippen LogP contribution in [-0.2, 0) is 0 Å². The maximum absolute atomic E-state index is 6.74. The minimum atomic E-state index is -3.04. The molecule has 0 aromatic carbocycles. The van der Waals surface area contributed by atoms with Gasteiger partial charge < -0.3 is 0 Å². The molecule has 0 N–H and O–H groups in total. The van der Waals surface area contributed by atoms with Crippen LogP contribution < -0.4 is 0 Å². The van der Waals surface area contributed by atoms with Gasteiger partial charge in [-0.3, -0.25) is 0 Å². The van der Waals surface area contributed by atoms with Crippen molar-refractivity contribution in [1.82, 2.24) is 6.24 Å². The predicted molar refractivity (Wildman–Crippen MR) is 66.2 cm³/mol. The maximum atomic E-state index is 6.74. The van der Waals surface area contributed by atoms with E-state index in [9.17, 15) is 0 Å². The van der Waals surface area contributed by atoms with E-state index in [4.69, 9.17) is 17.8 Å². The van der Waals surface area contributed by atoms with Gasteiger partial charge >= 0.3 is 104 Å². The molecule has 3 aliphatic rings. The summed E-state index contributed by atoms with van der Waals surface area (Å²) in [6, 6.07) is 1.43. The number of rotatable bonds is 0. The van der Waals surface area contributed by atoms with Gasteiger partial charge in [0.2, 0.25) is 0 Å². The van der Waals surface area contributed by atoms with Crippen molar-refractivity contribution in [2.75, 3.05) is 13.1 Å². The van der Waals surface area contributed by atoms with Crippen LogP contribution in [-0.4, -0.2) is 48.1 Å². The molecule has 0 aromatic rings. The number of hydrogen-bond donors (Lipinski definition) is 0. The molecule has 2 unspecified atom stereocenters. The molecule has 5 heteroatoms. The van der Waals surface area contributed by atoms with Gasteiger partial charge in [0.1, 0.15) is 0 Å². The first kappa shape index (κ1) is 11.4. The molecule has 0 radical (unpaired) electrons. The second kappa shape index (κ2) is 4.20. The van der Waals surface area contributed by atoms with Gasteiger partial charge in [0.05, 0.1) is 0 Å². The van der Waals surface area contributed by atoms with Crippen molar-refractivity contribution in [1.29, 1.82) is 0 Å². The van der Waals surface area contributed by atoms with Gasteiger partial charge in [0, 0.05) is 0 Å².